The molecule has 0 spiro atoms. The number of hydrogen-bond acceptors (Lipinski definition) is 5. The minimum atomic E-state index is 0.249. The van der Waals surface area contributed by atoms with Crippen LogP contribution in [0.2, 0.25) is 4.34 Å². The Bertz CT molecular complexity index is 588. The molecule has 6 heteroatoms. The fourth-order valence-corrected chi connectivity index (χ4v) is 2.54. The van der Waals surface area contributed by atoms with E-state index in [4.69, 9.17) is 22.6 Å². The summed E-state index contributed by atoms with van der Waals surface area (Å²) < 4.78 is 0.794. The van der Waals surface area contributed by atoms with Crippen molar-refractivity contribution in [1.82, 2.24) is 4.98 Å². The summed E-state index contributed by atoms with van der Waals surface area (Å²) in [7, 11) is 0. The topological polar surface area (TPSA) is 74.7 Å². The average molecular weight is 279 g/mol. The number of halogens is 1. The fraction of sp³-hybridized carbons (Fsp3) is 0.167. The maximum atomic E-state index is 8.82. The van der Waals surface area contributed by atoms with Crippen molar-refractivity contribution in [3.05, 3.63) is 39.2 Å². The lowest BCUT2D eigenvalue weighted by molar-refractivity contribution is 1.03. The van der Waals surface area contributed by atoms with Crippen LogP contribution in [-0.4, -0.2) is 11.5 Å². The third-order valence-electron chi connectivity index (χ3n) is 2.34. The van der Waals surface area contributed by atoms with Crippen LogP contribution in [0.25, 0.3) is 0 Å². The molecule has 4 nitrogen and oxygen atoms in total. The van der Waals surface area contributed by atoms with Crippen molar-refractivity contribution in [2.45, 2.75) is 6.42 Å². The van der Waals surface area contributed by atoms with Gasteiger partial charge in [0.15, 0.2) is 5.69 Å². The predicted octanol–water partition coefficient (Wildman–Crippen LogP) is 2.90. The van der Waals surface area contributed by atoms with E-state index in [1.807, 2.05) is 18.2 Å². The van der Waals surface area contributed by atoms with E-state index < -0.39 is 0 Å². The van der Waals surface area contributed by atoms with Gasteiger partial charge < -0.3 is 11.1 Å². The first kappa shape index (κ1) is 12.7. The van der Waals surface area contributed by atoms with Gasteiger partial charge in [0.2, 0.25) is 0 Å². The predicted molar refractivity (Wildman–Crippen MR) is 74.9 cm³/mol. The number of anilines is 2. The molecule has 2 heterocycles. The van der Waals surface area contributed by atoms with E-state index in [-0.39, 0.29) is 5.69 Å². The van der Waals surface area contributed by atoms with Gasteiger partial charge in [0.1, 0.15) is 11.9 Å². The lowest BCUT2D eigenvalue weighted by atomic mass is 10.3. The molecule has 2 aromatic heterocycles. The molecule has 0 aliphatic carbocycles. The summed E-state index contributed by atoms with van der Waals surface area (Å²) in [5.74, 6) is 0.656. The minimum Gasteiger partial charge on any atom is -0.396 e. The van der Waals surface area contributed by atoms with Gasteiger partial charge in [-0.2, -0.15) is 5.26 Å². The molecule has 0 amide bonds. The second-order valence-electron chi connectivity index (χ2n) is 3.63. The molecular formula is C12H11ClN4S. The summed E-state index contributed by atoms with van der Waals surface area (Å²) in [6.45, 7) is 0.735. The Morgan fingerprint density at radius 1 is 1.39 bits per heavy atom. The number of hydrogen-bond donors (Lipinski definition) is 2. The molecular weight excluding hydrogens is 268 g/mol. The van der Waals surface area contributed by atoms with Gasteiger partial charge in [-0.05, 0) is 30.7 Å². The van der Waals surface area contributed by atoms with Gasteiger partial charge in [-0.15, -0.1) is 11.3 Å². The van der Waals surface area contributed by atoms with Crippen molar-refractivity contribution in [2.75, 3.05) is 17.6 Å². The Morgan fingerprint density at radius 2 is 2.22 bits per heavy atom. The third-order valence-corrected chi connectivity index (χ3v) is 3.63. The van der Waals surface area contributed by atoms with Crippen LogP contribution in [-0.2, 0) is 6.42 Å². The van der Waals surface area contributed by atoms with Gasteiger partial charge in [0.05, 0.1) is 10.0 Å². The zero-order valence-corrected chi connectivity index (χ0v) is 11.1. The second kappa shape index (κ2) is 5.71. The Labute approximate surface area is 114 Å². The quantitative estimate of drug-likeness (QED) is 0.902. The van der Waals surface area contributed by atoms with Crippen molar-refractivity contribution in [3.8, 4) is 6.07 Å². The van der Waals surface area contributed by atoms with Crippen molar-refractivity contribution in [2.24, 2.45) is 0 Å². The molecule has 2 rings (SSSR count). The van der Waals surface area contributed by atoms with Crippen LogP contribution in [0, 0.1) is 11.3 Å². The van der Waals surface area contributed by atoms with Crippen LogP contribution in [0.3, 0.4) is 0 Å². The normalized spacial score (nSPS) is 10.0. The lowest BCUT2D eigenvalue weighted by Crippen LogP contribution is -2.06. The second-order valence-corrected chi connectivity index (χ2v) is 5.43. The van der Waals surface area contributed by atoms with Gasteiger partial charge in [0, 0.05) is 11.4 Å². The van der Waals surface area contributed by atoms with Crippen LogP contribution in [0.1, 0.15) is 10.6 Å². The Morgan fingerprint density at radius 3 is 2.89 bits per heavy atom. The molecule has 0 aliphatic rings. The number of rotatable bonds is 4. The highest BCUT2D eigenvalue weighted by Crippen LogP contribution is 2.21. The van der Waals surface area contributed by atoms with Crippen molar-refractivity contribution >= 4 is 34.4 Å². The molecule has 0 fully saturated rings. The van der Waals surface area contributed by atoms with Gasteiger partial charge in [-0.25, -0.2) is 4.98 Å². The number of aromatic nitrogens is 1. The highest BCUT2D eigenvalue weighted by atomic mass is 35.5. The zero-order chi connectivity index (χ0) is 13.0. The van der Waals surface area contributed by atoms with Crippen molar-refractivity contribution in [1.29, 1.82) is 5.26 Å². The SMILES string of the molecule is N#Cc1nc(NCCc2ccc(Cl)s2)ccc1N. The summed E-state index contributed by atoms with van der Waals surface area (Å²) in [4.78, 5) is 5.32. The fourth-order valence-electron chi connectivity index (χ4n) is 1.46. The van der Waals surface area contributed by atoms with E-state index in [1.54, 1.807) is 23.5 Å². The van der Waals surface area contributed by atoms with E-state index in [2.05, 4.69) is 10.3 Å². The van der Waals surface area contributed by atoms with Crippen LogP contribution in [0.4, 0.5) is 11.5 Å². The van der Waals surface area contributed by atoms with Crippen LogP contribution in [0.5, 0.6) is 0 Å². The van der Waals surface area contributed by atoms with Gasteiger partial charge in [0.25, 0.3) is 0 Å². The van der Waals surface area contributed by atoms with Crippen molar-refractivity contribution in [3.63, 3.8) is 0 Å². The summed E-state index contributed by atoms with van der Waals surface area (Å²) in [5.41, 5.74) is 6.24. The largest absolute Gasteiger partial charge is 0.396 e. The Kier molecular flexibility index (Phi) is 4.03. The summed E-state index contributed by atoms with van der Waals surface area (Å²) in [6, 6.07) is 9.29. The number of thiophene rings is 1. The molecule has 0 radical (unpaired) electrons. The standard InChI is InChI=1S/C12H11ClN4S/c13-11-3-1-8(18-11)5-6-16-12-4-2-9(15)10(7-14)17-12/h1-4H,5-6,15H2,(H,16,17). The molecule has 0 unspecified atom stereocenters. The van der Waals surface area contributed by atoms with Crippen LogP contribution in [0.15, 0.2) is 24.3 Å². The maximum Gasteiger partial charge on any atom is 0.165 e. The molecule has 0 aromatic carbocycles. The first-order valence-corrected chi connectivity index (χ1v) is 6.53. The Hall–Kier alpha value is -1.77. The molecule has 0 bridgehead atoms. The number of nitrogens with zero attached hydrogens (tertiary/aromatic N) is 2. The number of nitriles is 1. The van der Waals surface area contributed by atoms with Gasteiger partial charge in [-0.1, -0.05) is 11.6 Å². The van der Waals surface area contributed by atoms with Crippen molar-refractivity contribution < 1.29 is 0 Å². The van der Waals surface area contributed by atoms with E-state index >= 15 is 0 Å². The van der Waals surface area contributed by atoms with Gasteiger partial charge in [-0.3, -0.25) is 0 Å². The van der Waals surface area contributed by atoms with E-state index in [9.17, 15) is 0 Å². The molecule has 18 heavy (non-hydrogen) atoms. The first-order valence-electron chi connectivity index (χ1n) is 5.34. The number of nitrogen functional groups attached to an aromatic ring is 1. The van der Waals surface area contributed by atoms with Crippen LogP contribution < -0.4 is 11.1 Å². The summed E-state index contributed by atoms with van der Waals surface area (Å²) >= 11 is 7.41. The highest BCUT2D eigenvalue weighted by molar-refractivity contribution is 7.16. The van der Waals surface area contributed by atoms with E-state index in [0.717, 1.165) is 17.3 Å². The van der Waals surface area contributed by atoms with Crippen LogP contribution >= 0.6 is 22.9 Å². The monoisotopic (exact) mass is 278 g/mol. The van der Waals surface area contributed by atoms with E-state index in [0.29, 0.717) is 11.5 Å². The zero-order valence-electron chi connectivity index (χ0n) is 9.48. The lowest BCUT2D eigenvalue weighted by Gasteiger charge is -2.05. The number of nitrogens with two attached hydrogens (primary N) is 1. The molecule has 0 saturated heterocycles. The Balaban J connectivity index is 1.93. The van der Waals surface area contributed by atoms with Gasteiger partial charge >= 0.3 is 0 Å². The van der Waals surface area contributed by atoms with E-state index in [1.165, 1.54) is 4.88 Å². The summed E-state index contributed by atoms with van der Waals surface area (Å²) in [6.07, 6.45) is 0.866. The first-order chi connectivity index (χ1) is 8.69. The molecule has 3 N–H and O–H groups in total. The summed E-state index contributed by atoms with van der Waals surface area (Å²) in [5, 5.41) is 12.0. The minimum absolute atomic E-state index is 0.249. The number of pyridine rings is 1. The highest BCUT2D eigenvalue weighted by Gasteiger charge is 2.02. The maximum absolute atomic E-state index is 8.82. The molecule has 0 saturated carbocycles. The average Bonchev–Trinajstić information content (AvgIpc) is 2.77. The third kappa shape index (κ3) is 3.13. The number of nitrogens with one attached hydrogen (secondary N) is 1. The molecule has 0 aliphatic heterocycles. The molecule has 92 valence electrons. The smallest absolute Gasteiger partial charge is 0.165 e. The molecule has 2 aromatic rings. The molecule has 0 atom stereocenters.